The summed E-state index contributed by atoms with van der Waals surface area (Å²) in [5, 5.41) is 0. The number of allylic oxidation sites excluding steroid dienone is 2. The molecule has 0 saturated heterocycles. The lowest BCUT2D eigenvalue weighted by molar-refractivity contribution is -0.145. The van der Waals surface area contributed by atoms with E-state index >= 15 is 0 Å². The van der Waals surface area contributed by atoms with Crippen LogP contribution in [0.3, 0.4) is 0 Å². The zero-order valence-electron chi connectivity index (χ0n) is 13.4. The Hall–Kier alpha value is -2.68. The second-order valence-electron chi connectivity index (χ2n) is 6.29. The molecule has 4 rings (SSSR count). The Morgan fingerprint density at radius 2 is 1.79 bits per heavy atom. The zero-order chi connectivity index (χ0) is 16.7. The molecule has 0 heterocycles. The lowest BCUT2D eigenvalue weighted by Crippen LogP contribution is -2.21. The van der Waals surface area contributed by atoms with Gasteiger partial charge >= 0.3 is 5.97 Å². The summed E-state index contributed by atoms with van der Waals surface area (Å²) in [6.45, 7) is 2.18. The third-order valence-corrected chi connectivity index (χ3v) is 5.12. The molecule has 0 N–H and O–H groups in total. The first-order valence-corrected chi connectivity index (χ1v) is 8.24. The van der Waals surface area contributed by atoms with Crippen LogP contribution in [0.25, 0.3) is 0 Å². The van der Waals surface area contributed by atoms with Crippen LogP contribution in [-0.4, -0.2) is 18.4 Å². The van der Waals surface area contributed by atoms with Crippen LogP contribution in [0.5, 0.6) is 0 Å². The smallest absolute Gasteiger partial charge is 0.310 e. The second kappa shape index (κ2) is 5.45. The molecule has 24 heavy (non-hydrogen) atoms. The fourth-order valence-electron chi connectivity index (χ4n) is 4.11. The van der Waals surface area contributed by atoms with Gasteiger partial charge in [-0.1, -0.05) is 60.7 Å². The maximum absolute atomic E-state index is 12.6. The lowest BCUT2D eigenvalue weighted by atomic mass is 9.81. The molecule has 1 spiro atoms. The molecule has 2 aromatic carbocycles. The molecule has 0 aromatic heterocycles. The van der Waals surface area contributed by atoms with Gasteiger partial charge in [0.25, 0.3) is 0 Å². The fourth-order valence-corrected chi connectivity index (χ4v) is 4.11. The number of rotatable bonds is 3. The molecule has 3 nitrogen and oxygen atoms in total. The molecular weight excluding hydrogens is 300 g/mol. The largest absolute Gasteiger partial charge is 0.466 e. The first-order chi connectivity index (χ1) is 11.7. The van der Waals surface area contributed by atoms with Crippen LogP contribution in [0.4, 0.5) is 0 Å². The topological polar surface area (TPSA) is 43.4 Å². The number of carbonyl (C=O) groups excluding carboxylic acids is 2. The fraction of sp³-hybridized carbons (Fsp3) is 0.238. The van der Waals surface area contributed by atoms with Crippen LogP contribution < -0.4 is 0 Å². The molecule has 3 atom stereocenters. The maximum Gasteiger partial charge on any atom is 0.310 e. The first-order valence-electron chi connectivity index (χ1n) is 8.24. The monoisotopic (exact) mass is 318 g/mol. The van der Waals surface area contributed by atoms with Gasteiger partial charge in [-0.2, -0.15) is 0 Å². The summed E-state index contributed by atoms with van der Waals surface area (Å²) in [4.78, 5) is 24.9. The Morgan fingerprint density at radius 3 is 2.54 bits per heavy atom. The standard InChI is InChI=1S/C21H18O3/c1-2-24-20(23)19-18(14-8-4-3-5-9-14)21(19)13-12-17(22)15-10-6-7-11-16(15)21/h3-13,18-19H,2H2,1H3/t18-,19+,21?/m0/s1. The van der Waals surface area contributed by atoms with Gasteiger partial charge in [-0.15, -0.1) is 0 Å². The van der Waals surface area contributed by atoms with E-state index in [0.29, 0.717) is 12.2 Å². The lowest BCUT2D eigenvalue weighted by Gasteiger charge is -2.21. The number of ketones is 1. The van der Waals surface area contributed by atoms with Gasteiger partial charge in [0.15, 0.2) is 5.78 Å². The highest BCUT2D eigenvalue weighted by molar-refractivity contribution is 6.08. The van der Waals surface area contributed by atoms with E-state index in [1.54, 1.807) is 6.08 Å². The van der Waals surface area contributed by atoms with Crippen LogP contribution in [0.15, 0.2) is 66.7 Å². The summed E-state index contributed by atoms with van der Waals surface area (Å²) in [7, 11) is 0. The number of hydrogen-bond acceptors (Lipinski definition) is 3. The number of benzene rings is 2. The van der Waals surface area contributed by atoms with Gasteiger partial charge in [0.2, 0.25) is 0 Å². The molecular formula is C21H18O3. The van der Waals surface area contributed by atoms with Crippen molar-refractivity contribution in [2.45, 2.75) is 18.3 Å². The number of hydrogen-bond donors (Lipinski definition) is 0. The van der Waals surface area contributed by atoms with Crippen LogP contribution in [0, 0.1) is 5.92 Å². The van der Waals surface area contributed by atoms with Crippen molar-refractivity contribution in [3.05, 3.63) is 83.4 Å². The number of ether oxygens (including phenoxy) is 1. The Labute approximate surface area is 141 Å². The summed E-state index contributed by atoms with van der Waals surface area (Å²) in [5.41, 5.74) is 2.25. The van der Waals surface area contributed by atoms with Gasteiger partial charge in [0.05, 0.1) is 12.5 Å². The molecule has 2 aliphatic carbocycles. The van der Waals surface area contributed by atoms with Gasteiger partial charge in [-0.25, -0.2) is 0 Å². The minimum absolute atomic E-state index is 0.00227. The summed E-state index contributed by atoms with van der Waals surface area (Å²) >= 11 is 0. The van der Waals surface area contributed by atoms with Gasteiger partial charge in [-0.3, -0.25) is 9.59 Å². The van der Waals surface area contributed by atoms with Gasteiger partial charge < -0.3 is 4.74 Å². The number of fused-ring (bicyclic) bond motifs is 2. The molecule has 0 radical (unpaired) electrons. The summed E-state index contributed by atoms with van der Waals surface area (Å²) < 4.78 is 5.33. The van der Waals surface area contributed by atoms with Crippen LogP contribution in [0.1, 0.15) is 34.3 Å². The van der Waals surface area contributed by atoms with Gasteiger partial charge in [0, 0.05) is 16.9 Å². The van der Waals surface area contributed by atoms with E-state index in [0.717, 1.165) is 11.1 Å². The van der Waals surface area contributed by atoms with E-state index in [4.69, 9.17) is 4.74 Å². The van der Waals surface area contributed by atoms with Crippen LogP contribution in [-0.2, 0) is 14.9 Å². The Kier molecular flexibility index (Phi) is 3.38. The highest BCUT2D eigenvalue weighted by atomic mass is 16.5. The van der Waals surface area contributed by atoms with Crippen molar-refractivity contribution in [1.29, 1.82) is 0 Å². The van der Waals surface area contributed by atoms with E-state index in [1.165, 1.54) is 0 Å². The maximum atomic E-state index is 12.6. The van der Waals surface area contributed by atoms with Crippen molar-refractivity contribution < 1.29 is 14.3 Å². The first kappa shape index (κ1) is 14.9. The minimum Gasteiger partial charge on any atom is -0.466 e. The Bertz CT molecular complexity index is 837. The molecule has 0 bridgehead atoms. The Balaban J connectivity index is 1.87. The molecule has 3 heteroatoms. The van der Waals surface area contributed by atoms with Crippen molar-refractivity contribution in [2.75, 3.05) is 6.61 Å². The van der Waals surface area contributed by atoms with Crippen molar-refractivity contribution in [3.63, 3.8) is 0 Å². The average molecular weight is 318 g/mol. The highest BCUT2D eigenvalue weighted by Gasteiger charge is 2.70. The minimum atomic E-state index is -0.474. The normalized spacial score (nSPS) is 27.0. The quantitative estimate of drug-likeness (QED) is 0.811. The molecule has 120 valence electrons. The Morgan fingerprint density at radius 1 is 1.08 bits per heavy atom. The van der Waals surface area contributed by atoms with Crippen molar-refractivity contribution in [3.8, 4) is 0 Å². The van der Waals surface area contributed by atoms with Crippen molar-refractivity contribution >= 4 is 11.8 Å². The van der Waals surface area contributed by atoms with Crippen molar-refractivity contribution in [1.82, 2.24) is 0 Å². The van der Waals surface area contributed by atoms with Gasteiger partial charge in [-0.05, 0) is 24.1 Å². The van der Waals surface area contributed by atoms with E-state index in [9.17, 15) is 9.59 Å². The average Bonchev–Trinajstić information content (AvgIpc) is 3.29. The van der Waals surface area contributed by atoms with E-state index in [-0.39, 0.29) is 23.6 Å². The van der Waals surface area contributed by atoms with Crippen LogP contribution in [0.2, 0.25) is 0 Å². The molecule has 1 unspecified atom stereocenters. The number of esters is 1. The predicted molar refractivity (Wildman–Crippen MR) is 90.9 cm³/mol. The third kappa shape index (κ3) is 1.97. The molecule has 1 fully saturated rings. The molecule has 1 saturated carbocycles. The van der Waals surface area contributed by atoms with E-state index in [2.05, 4.69) is 0 Å². The third-order valence-electron chi connectivity index (χ3n) is 5.12. The summed E-state index contributed by atoms with van der Waals surface area (Å²) in [6, 6.07) is 17.6. The molecule has 2 aliphatic rings. The second-order valence-corrected chi connectivity index (χ2v) is 6.29. The van der Waals surface area contributed by atoms with E-state index < -0.39 is 5.41 Å². The predicted octanol–water partition coefficient (Wildman–Crippen LogP) is 3.65. The zero-order valence-corrected chi connectivity index (χ0v) is 13.4. The molecule has 0 amide bonds. The van der Waals surface area contributed by atoms with Crippen LogP contribution >= 0.6 is 0 Å². The molecule has 0 aliphatic heterocycles. The van der Waals surface area contributed by atoms with Gasteiger partial charge in [0.1, 0.15) is 0 Å². The summed E-state index contributed by atoms with van der Waals surface area (Å²) in [6.07, 6.45) is 3.52. The summed E-state index contributed by atoms with van der Waals surface area (Å²) in [5.74, 6) is -0.480. The number of carbonyl (C=O) groups is 2. The van der Waals surface area contributed by atoms with E-state index in [1.807, 2.05) is 67.6 Å². The van der Waals surface area contributed by atoms with Crippen molar-refractivity contribution in [2.24, 2.45) is 5.92 Å². The highest BCUT2D eigenvalue weighted by Crippen LogP contribution is 2.68. The SMILES string of the molecule is CCOC(=O)[C@H]1[C@H](c2ccccc2)C12C=CC(=O)c1ccccc12. The molecule has 2 aromatic rings.